The second-order valence-corrected chi connectivity index (χ2v) is 9.58. The number of carbonyl (C=O) groups is 2. The van der Waals surface area contributed by atoms with Crippen LogP contribution in [0.25, 0.3) is 0 Å². The fourth-order valence-corrected chi connectivity index (χ4v) is 4.19. The number of hydrogen-bond donors (Lipinski definition) is 1. The normalized spacial score (nSPS) is 15.1. The van der Waals surface area contributed by atoms with Gasteiger partial charge >= 0.3 is 6.09 Å². The molecule has 0 bridgehead atoms. The van der Waals surface area contributed by atoms with Gasteiger partial charge in [0.15, 0.2) is 0 Å². The molecule has 0 fully saturated rings. The van der Waals surface area contributed by atoms with Crippen LogP contribution in [-0.2, 0) is 35.5 Å². The minimum absolute atomic E-state index is 0.0756. The van der Waals surface area contributed by atoms with Crippen molar-refractivity contribution in [2.45, 2.75) is 58.3 Å². The highest BCUT2D eigenvalue weighted by Crippen LogP contribution is 2.25. The van der Waals surface area contributed by atoms with Gasteiger partial charge in [-0.3, -0.25) is 9.69 Å². The van der Waals surface area contributed by atoms with Gasteiger partial charge in [-0.05, 0) is 44.7 Å². The van der Waals surface area contributed by atoms with Gasteiger partial charge in [0.05, 0.1) is 12.2 Å². The highest BCUT2D eigenvalue weighted by atomic mass is 16.6. The maximum Gasteiger partial charge on any atom is 0.411 e. The lowest BCUT2D eigenvalue weighted by molar-refractivity contribution is -0.132. The molecule has 0 unspecified atom stereocenters. The van der Waals surface area contributed by atoms with Crippen molar-refractivity contribution in [3.05, 3.63) is 65.5 Å². The van der Waals surface area contributed by atoms with Crippen LogP contribution in [0, 0.1) is 0 Å². The molecule has 0 saturated carbocycles. The van der Waals surface area contributed by atoms with Crippen molar-refractivity contribution in [2.75, 3.05) is 18.4 Å². The first-order valence-electron chi connectivity index (χ1n) is 11.3. The Kier molecular flexibility index (Phi) is 6.35. The van der Waals surface area contributed by atoms with Gasteiger partial charge in [0, 0.05) is 30.9 Å². The molecule has 4 rings (SSSR count). The summed E-state index contributed by atoms with van der Waals surface area (Å²) >= 11 is 0. The summed E-state index contributed by atoms with van der Waals surface area (Å²) < 4.78 is 5.42. The maximum absolute atomic E-state index is 12.9. The van der Waals surface area contributed by atoms with Gasteiger partial charge in [0.2, 0.25) is 11.9 Å². The van der Waals surface area contributed by atoms with E-state index < -0.39 is 11.7 Å². The Labute approximate surface area is 194 Å². The van der Waals surface area contributed by atoms with E-state index in [0.29, 0.717) is 19.0 Å². The number of ether oxygens (including phenoxy) is 1. The van der Waals surface area contributed by atoms with Crippen LogP contribution >= 0.6 is 0 Å². The molecule has 0 spiro atoms. The molecule has 33 heavy (non-hydrogen) atoms. The van der Waals surface area contributed by atoms with Gasteiger partial charge in [-0.15, -0.1) is 6.58 Å². The quantitative estimate of drug-likeness (QED) is 0.681. The number of nitrogens with one attached hydrogen (secondary N) is 1. The van der Waals surface area contributed by atoms with Crippen molar-refractivity contribution in [2.24, 2.45) is 0 Å². The molecule has 2 aromatic rings. The summed E-state index contributed by atoms with van der Waals surface area (Å²) in [6, 6.07) is 8.73. The van der Waals surface area contributed by atoms with E-state index in [0.717, 1.165) is 24.1 Å². The van der Waals surface area contributed by atoms with E-state index in [1.807, 2.05) is 0 Å². The van der Waals surface area contributed by atoms with Crippen LogP contribution in [0.2, 0.25) is 0 Å². The first-order valence-corrected chi connectivity index (χ1v) is 11.3. The summed E-state index contributed by atoms with van der Waals surface area (Å²) in [5.41, 5.74) is 3.85. The number of amides is 2. The molecule has 1 aromatic heterocycles. The number of fused-ring (bicyclic) bond motifs is 2. The molecule has 2 aliphatic rings. The van der Waals surface area contributed by atoms with E-state index in [4.69, 9.17) is 4.74 Å². The van der Waals surface area contributed by atoms with Gasteiger partial charge in [0.1, 0.15) is 12.1 Å². The predicted molar refractivity (Wildman–Crippen MR) is 126 cm³/mol. The van der Waals surface area contributed by atoms with Crippen molar-refractivity contribution in [1.29, 1.82) is 0 Å². The van der Waals surface area contributed by atoms with E-state index in [-0.39, 0.29) is 25.0 Å². The molecule has 2 amide bonds. The van der Waals surface area contributed by atoms with Crippen molar-refractivity contribution < 1.29 is 14.3 Å². The van der Waals surface area contributed by atoms with Crippen LogP contribution in [0.5, 0.6) is 0 Å². The Morgan fingerprint density at radius 1 is 1.21 bits per heavy atom. The lowest BCUT2D eigenvalue weighted by Gasteiger charge is -2.27. The second-order valence-electron chi connectivity index (χ2n) is 9.58. The number of nitrogens with zero attached hydrogens (tertiary/aromatic N) is 4. The second kappa shape index (κ2) is 9.21. The van der Waals surface area contributed by atoms with Crippen molar-refractivity contribution in [1.82, 2.24) is 19.8 Å². The smallest absolute Gasteiger partial charge is 0.411 e. The Morgan fingerprint density at radius 2 is 1.91 bits per heavy atom. The van der Waals surface area contributed by atoms with Crippen molar-refractivity contribution in [3.8, 4) is 0 Å². The summed E-state index contributed by atoms with van der Waals surface area (Å²) in [6.45, 7) is 10.1. The molecule has 1 aliphatic carbocycles. The number of aromatic nitrogens is 2. The van der Waals surface area contributed by atoms with Crippen LogP contribution in [0.15, 0.2) is 43.1 Å². The first-order chi connectivity index (χ1) is 15.7. The van der Waals surface area contributed by atoms with Crippen LogP contribution in [0.3, 0.4) is 0 Å². The van der Waals surface area contributed by atoms with Crippen LogP contribution in [0.1, 0.15) is 43.2 Å². The predicted octanol–water partition coefficient (Wildman–Crippen LogP) is 3.32. The number of benzene rings is 1. The van der Waals surface area contributed by atoms with Crippen LogP contribution in [0.4, 0.5) is 10.7 Å². The van der Waals surface area contributed by atoms with Gasteiger partial charge in [-0.1, -0.05) is 30.3 Å². The molecule has 1 N–H and O–H groups in total. The topological polar surface area (TPSA) is 87.7 Å². The summed E-state index contributed by atoms with van der Waals surface area (Å²) in [5.74, 6) is 0.421. The van der Waals surface area contributed by atoms with Crippen molar-refractivity contribution in [3.63, 3.8) is 0 Å². The number of hydrogen-bond acceptors (Lipinski definition) is 6. The number of anilines is 1. The minimum Gasteiger partial charge on any atom is -0.444 e. The lowest BCUT2D eigenvalue weighted by Crippen LogP contribution is -2.43. The standard InChI is InChI=1S/C25H31N5O3/c1-5-10-29(24(32)33-25(2,3)4)16-22(31)30-14-19-13-26-23(28-21(19)15-30)27-20-11-17-8-6-7-9-18(17)12-20/h5-9,13,20H,1,10-12,14-16H2,2-4H3,(H,26,27,28). The largest absolute Gasteiger partial charge is 0.444 e. The zero-order valence-corrected chi connectivity index (χ0v) is 19.5. The Morgan fingerprint density at radius 3 is 2.55 bits per heavy atom. The molecule has 8 heteroatoms. The fourth-order valence-electron chi connectivity index (χ4n) is 4.19. The van der Waals surface area contributed by atoms with Gasteiger partial charge in [-0.2, -0.15) is 0 Å². The molecule has 0 radical (unpaired) electrons. The maximum atomic E-state index is 12.9. The number of carbonyl (C=O) groups excluding carboxylic acids is 2. The minimum atomic E-state index is -0.636. The molecular weight excluding hydrogens is 418 g/mol. The summed E-state index contributed by atoms with van der Waals surface area (Å²) in [5, 5.41) is 3.44. The molecule has 8 nitrogen and oxygen atoms in total. The van der Waals surface area contributed by atoms with E-state index in [9.17, 15) is 9.59 Å². The Balaban J connectivity index is 1.36. The Hall–Kier alpha value is -3.42. The highest BCUT2D eigenvalue weighted by molar-refractivity contribution is 5.83. The SMILES string of the molecule is C=CCN(CC(=O)N1Cc2cnc(NC3Cc4ccccc4C3)nc2C1)C(=O)OC(C)(C)C. The lowest BCUT2D eigenvalue weighted by atomic mass is 10.1. The first kappa shape index (κ1) is 22.8. The van der Waals surface area contributed by atoms with E-state index in [1.54, 1.807) is 37.9 Å². The van der Waals surface area contributed by atoms with E-state index in [2.05, 4.69) is 46.1 Å². The van der Waals surface area contributed by atoms with Crippen LogP contribution in [-0.4, -0.2) is 56.5 Å². The fraction of sp³-hybridized carbons (Fsp3) is 0.440. The molecule has 1 aliphatic heterocycles. The summed E-state index contributed by atoms with van der Waals surface area (Å²) in [7, 11) is 0. The third-order valence-electron chi connectivity index (χ3n) is 5.72. The van der Waals surface area contributed by atoms with Crippen molar-refractivity contribution >= 4 is 17.9 Å². The summed E-state index contributed by atoms with van der Waals surface area (Å²) in [6.07, 6.45) is 4.74. The third-order valence-corrected chi connectivity index (χ3v) is 5.72. The van der Waals surface area contributed by atoms with E-state index >= 15 is 0 Å². The molecule has 1 aromatic carbocycles. The molecule has 0 atom stereocenters. The molecule has 2 heterocycles. The number of rotatable bonds is 6. The van der Waals surface area contributed by atoms with Gasteiger partial charge < -0.3 is 15.0 Å². The highest BCUT2D eigenvalue weighted by Gasteiger charge is 2.30. The zero-order chi connectivity index (χ0) is 23.6. The van der Waals surface area contributed by atoms with Crippen LogP contribution < -0.4 is 5.32 Å². The molecule has 174 valence electrons. The molecule has 0 saturated heterocycles. The molecular formula is C25H31N5O3. The average molecular weight is 450 g/mol. The average Bonchev–Trinajstić information content (AvgIpc) is 3.35. The monoisotopic (exact) mass is 449 g/mol. The van der Waals surface area contributed by atoms with E-state index in [1.165, 1.54) is 16.0 Å². The zero-order valence-electron chi connectivity index (χ0n) is 19.5. The van der Waals surface area contributed by atoms with Gasteiger partial charge in [0.25, 0.3) is 0 Å². The van der Waals surface area contributed by atoms with Gasteiger partial charge in [-0.25, -0.2) is 14.8 Å². The summed E-state index contributed by atoms with van der Waals surface area (Å²) in [4.78, 5) is 37.6. The Bertz CT molecular complexity index is 1040. The third kappa shape index (κ3) is 5.50.